The first kappa shape index (κ1) is 23.4. The lowest BCUT2D eigenvalue weighted by Gasteiger charge is -2.26. The molecule has 2 atom stereocenters. The zero-order chi connectivity index (χ0) is 23.3. The molecule has 0 fully saturated rings. The van der Waals surface area contributed by atoms with E-state index in [4.69, 9.17) is 4.74 Å². The highest BCUT2D eigenvalue weighted by Gasteiger charge is 2.28. The Morgan fingerprint density at radius 3 is 2.45 bits per heavy atom. The van der Waals surface area contributed by atoms with Crippen molar-refractivity contribution < 1.29 is 8.95 Å². The van der Waals surface area contributed by atoms with Gasteiger partial charge in [-0.25, -0.2) is 8.93 Å². The van der Waals surface area contributed by atoms with Crippen molar-refractivity contribution in [2.75, 3.05) is 6.61 Å². The largest absolute Gasteiger partial charge is 0.376 e. The Kier molecular flexibility index (Phi) is 7.38. The quantitative estimate of drug-likeness (QED) is 0.325. The second-order valence-corrected chi connectivity index (χ2v) is 11.1. The predicted molar refractivity (Wildman–Crippen MR) is 135 cm³/mol. The molecule has 0 saturated carbocycles. The van der Waals surface area contributed by atoms with Gasteiger partial charge in [0.1, 0.15) is 0 Å². The summed E-state index contributed by atoms with van der Waals surface area (Å²) in [5.74, 6) is 0. The van der Waals surface area contributed by atoms with Crippen molar-refractivity contribution in [3.8, 4) is 0 Å². The lowest BCUT2D eigenvalue weighted by atomic mass is 9.95. The minimum absolute atomic E-state index is 0.289. The lowest BCUT2D eigenvalue weighted by Crippen LogP contribution is -2.36. The predicted octanol–water partition coefficient (Wildman–Crippen LogP) is 5.46. The molecule has 0 bridgehead atoms. The third-order valence-electron chi connectivity index (χ3n) is 5.55. The van der Waals surface area contributed by atoms with Crippen molar-refractivity contribution in [3.05, 3.63) is 101 Å². The minimum atomic E-state index is -1.26. The summed E-state index contributed by atoms with van der Waals surface area (Å²) in [6.07, 6.45) is 0.759. The van der Waals surface area contributed by atoms with Crippen LogP contribution in [-0.2, 0) is 28.8 Å². The van der Waals surface area contributed by atoms with Crippen LogP contribution in [0.15, 0.2) is 78.9 Å². The van der Waals surface area contributed by atoms with Crippen LogP contribution in [0.5, 0.6) is 0 Å². The zero-order valence-corrected chi connectivity index (χ0v) is 20.2. The molecular formula is C27H31N3O2S. The maximum Gasteiger partial charge on any atom is 0.0979 e. The van der Waals surface area contributed by atoms with Gasteiger partial charge in [-0.2, -0.15) is 5.10 Å². The number of H-pyrrole nitrogens is 1. The van der Waals surface area contributed by atoms with Crippen LogP contribution in [-0.4, -0.2) is 25.8 Å². The van der Waals surface area contributed by atoms with Gasteiger partial charge in [0.05, 0.1) is 46.2 Å². The molecule has 0 aliphatic heterocycles. The van der Waals surface area contributed by atoms with E-state index in [1.165, 1.54) is 0 Å². The average Bonchev–Trinajstić information content (AvgIpc) is 3.24. The van der Waals surface area contributed by atoms with E-state index in [9.17, 15) is 4.21 Å². The van der Waals surface area contributed by atoms with Crippen LogP contribution in [0.25, 0.3) is 10.9 Å². The number of aromatic amines is 1. The number of nitrogens with one attached hydrogen (secondary N) is 2. The molecule has 4 rings (SSSR count). The number of fused-ring (bicyclic) bond motifs is 1. The summed E-state index contributed by atoms with van der Waals surface area (Å²) in [5, 5.41) is 8.72. The Balaban J connectivity index is 1.61. The zero-order valence-electron chi connectivity index (χ0n) is 19.4. The van der Waals surface area contributed by atoms with E-state index in [2.05, 4.69) is 45.3 Å². The van der Waals surface area contributed by atoms with Crippen LogP contribution in [0.3, 0.4) is 0 Å². The lowest BCUT2D eigenvalue weighted by molar-refractivity contribution is 0.123. The van der Waals surface area contributed by atoms with Gasteiger partial charge in [0.25, 0.3) is 0 Å². The number of hydrogen-bond donors (Lipinski definition) is 2. The smallest absolute Gasteiger partial charge is 0.0979 e. The summed E-state index contributed by atoms with van der Waals surface area (Å²) in [5.41, 5.74) is 5.21. The third-order valence-corrected chi connectivity index (χ3v) is 7.12. The Labute approximate surface area is 198 Å². The molecule has 0 saturated heterocycles. The Bertz CT molecular complexity index is 1210. The van der Waals surface area contributed by atoms with Crippen LogP contribution in [0.1, 0.15) is 49.2 Å². The number of ether oxygens (including phenoxy) is 1. The van der Waals surface area contributed by atoms with Crippen molar-refractivity contribution >= 4 is 21.9 Å². The molecule has 1 heterocycles. The molecule has 0 aliphatic carbocycles. The molecule has 0 spiro atoms. The summed E-state index contributed by atoms with van der Waals surface area (Å²) in [6, 6.07) is 26.2. The molecule has 3 aromatic carbocycles. The van der Waals surface area contributed by atoms with Crippen molar-refractivity contribution in [3.63, 3.8) is 0 Å². The molecule has 33 heavy (non-hydrogen) atoms. The highest BCUT2D eigenvalue weighted by Crippen LogP contribution is 2.31. The molecular weight excluding hydrogens is 430 g/mol. The van der Waals surface area contributed by atoms with E-state index in [-0.39, 0.29) is 6.04 Å². The van der Waals surface area contributed by atoms with Gasteiger partial charge in [-0.3, -0.25) is 5.10 Å². The summed E-state index contributed by atoms with van der Waals surface area (Å²) in [7, 11) is -1.26. The number of rotatable bonds is 9. The van der Waals surface area contributed by atoms with E-state index in [0.717, 1.165) is 39.7 Å². The Morgan fingerprint density at radius 2 is 1.67 bits per heavy atom. The molecule has 1 unspecified atom stereocenters. The van der Waals surface area contributed by atoms with E-state index >= 15 is 0 Å². The summed E-state index contributed by atoms with van der Waals surface area (Å²) >= 11 is 0. The van der Waals surface area contributed by atoms with Crippen molar-refractivity contribution in [2.45, 2.75) is 44.6 Å². The van der Waals surface area contributed by atoms with Gasteiger partial charge in [0, 0.05) is 5.39 Å². The maximum atomic E-state index is 13.1. The molecule has 0 aliphatic rings. The Morgan fingerprint density at radius 1 is 0.970 bits per heavy atom. The molecule has 0 amide bonds. The van der Waals surface area contributed by atoms with Crippen LogP contribution in [0, 0.1) is 0 Å². The highest BCUT2D eigenvalue weighted by atomic mass is 32.2. The Hall–Kier alpha value is -2.80. The molecule has 172 valence electrons. The van der Waals surface area contributed by atoms with Gasteiger partial charge in [-0.1, -0.05) is 72.8 Å². The first-order chi connectivity index (χ1) is 15.9. The van der Waals surface area contributed by atoms with Gasteiger partial charge in [-0.05, 0) is 49.9 Å². The number of aromatic nitrogens is 2. The van der Waals surface area contributed by atoms with Crippen molar-refractivity contribution in [2.24, 2.45) is 0 Å². The van der Waals surface area contributed by atoms with Gasteiger partial charge < -0.3 is 4.74 Å². The second kappa shape index (κ2) is 10.4. The number of nitrogens with zero attached hydrogens (tertiary/aromatic N) is 1. The van der Waals surface area contributed by atoms with Crippen LogP contribution < -0.4 is 4.72 Å². The monoisotopic (exact) mass is 461 g/mol. The highest BCUT2D eigenvalue weighted by molar-refractivity contribution is 7.84. The molecule has 5 nitrogen and oxygen atoms in total. The average molecular weight is 462 g/mol. The van der Waals surface area contributed by atoms with Crippen molar-refractivity contribution in [1.29, 1.82) is 0 Å². The van der Waals surface area contributed by atoms with Crippen LogP contribution in [0.4, 0.5) is 0 Å². The van der Waals surface area contributed by atoms with Gasteiger partial charge in [-0.15, -0.1) is 0 Å². The number of benzene rings is 3. The second-order valence-electron chi connectivity index (χ2n) is 9.07. The normalized spacial score (nSPS) is 13.8. The standard InChI is InChI=1S/C27H31N3O2S/c1-27(2,3)33(31)30-26(25-23-15-9-10-16-24(23)28-29-25)22-14-8-7-13-21(22)17-18-32-19-20-11-5-4-6-12-20/h4-16,26,30H,17-19H2,1-3H3,(H,28,29)/t26?,33-/m1/s1. The fraction of sp³-hybridized carbons (Fsp3) is 0.296. The third kappa shape index (κ3) is 5.77. The van der Waals surface area contributed by atoms with E-state index in [1.807, 2.05) is 69.3 Å². The van der Waals surface area contributed by atoms with E-state index < -0.39 is 15.7 Å². The van der Waals surface area contributed by atoms with Crippen LogP contribution >= 0.6 is 0 Å². The minimum Gasteiger partial charge on any atom is -0.376 e. The molecule has 0 radical (unpaired) electrons. The molecule has 4 aromatic rings. The number of para-hydroxylation sites is 1. The van der Waals surface area contributed by atoms with E-state index in [0.29, 0.717) is 13.2 Å². The summed E-state index contributed by atoms with van der Waals surface area (Å²) in [4.78, 5) is 0. The van der Waals surface area contributed by atoms with Crippen LogP contribution in [0.2, 0.25) is 0 Å². The fourth-order valence-electron chi connectivity index (χ4n) is 3.75. The first-order valence-electron chi connectivity index (χ1n) is 11.2. The van der Waals surface area contributed by atoms with E-state index in [1.54, 1.807) is 0 Å². The summed E-state index contributed by atoms with van der Waals surface area (Å²) < 4.78 is 22.1. The topological polar surface area (TPSA) is 67.0 Å². The van der Waals surface area contributed by atoms with Gasteiger partial charge in [0.2, 0.25) is 0 Å². The SMILES string of the molecule is CC(C)(C)[S@@](=O)NC(c1ccccc1CCOCc1ccccc1)c1[nH]nc2ccccc12. The molecule has 6 heteroatoms. The number of hydrogen-bond acceptors (Lipinski definition) is 3. The fourth-order valence-corrected chi connectivity index (χ4v) is 4.56. The summed E-state index contributed by atoms with van der Waals surface area (Å²) in [6.45, 7) is 7.11. The first-order valence-corrected chi connectivity index (χ1v) is 12.4. The van der Waals surface area contributed by atoms with Crippen molar-refractivity contribution in [1.82, 2.24) is 14.9 Å². The maximum absolute atomic E-state index is 13.1. The van der Waals surface area contributed by atoms with Gasteiger partial charge in [0.15, 0.2) is 0 Å². The van der Waals surface area contributed by atoms with Gasteiger partial charge >= 0.3 is 0 Å². The molecule has 2 N–H and O–H groups in total. The molecule has 1 aromatic heterocycles.